The zero-order valence-corrected chi connectivity index (χ0v) is 15.7. The second-order valence-corrected chi connectivity index (χ2v) is 6.56. The molecule has 130 valence electrons. The van der Waals surface area contributed by atoms with Crippen LogP contribution in [0.2, 0.25) is 10.0 Å². The summed E-state index contributed by atoms with van der Waals surface area (Å²) < 4.78 is 5.69. The summed E-state index contributed by atoms with van der Waals surface area (Å²) in [5.74, 6) is 1.18. The van der Waals surface area contributed by atoms with Crippen LogP contribution in [0, 0.1) is 5.92 Å². The van der Waals surface area contributed by atoms with Crippen LogP contribution >= 0.6 is 35.6 Å². The molecule has 7 heteroatoms. The fraction of sp³-hybridized carbons (Fsp3) is 0.562. The van der Waals surface area contributed by atoms with Crippen molar-refractivity contribution < 1.29 is 9.53 Å². The first-order valence-electron chi connectivity index (χ1n) is 7.55. The normalized spacial score (nSPS) is 16.6. The number of rotatable bonds is 5. The second-order valence-electron chi connectivity index (χ2n) is 5.69. The van der Waals surface area contributed by atoms with Gasteiger partial charge in [0.2, 0.25) is 0 Å². The van der Waals surface area contributed by atoms with Crippen LogP contribution in [0.4, 0.5) is 0 Å². The smallest absolute Gasteiger partial charge is 0.263 e. The molecule has 0 radical (unpaired) electrons. The number of piperidine rings is 1. The van der Waals surface area contributed by atoms with E-state index in [-0.39, 0.29) is 18.3 Å². The molecule has 1 fully saturated rings. The van der Waals surface area contributed by atoms with E-state index in [2.05, 4.69) is 5.32 Å². The Morgan fingerprint density at radius 3 is 2.39 bits per heavy atom. The molecule has 1 aromatic rings. The Kier molecular flexibility index (Phi) is 8.48. The number of benzene rings is 1. The van der Waals surface area contributed by atoms with Gasteiger partial charge >= 0.3 is 0 Å². The van der Waals surface area contributed by atoms with Crippen LogP contribution in [-0.4, -0.2) is 43.6 Å². The molecule has 1 atom stereocenters. The summed E-state index contributed by atoms with van der Waals surface area (Å²) in [4.78, 5) is 14.3. The molecule has 0 saturated carbocycles. The van der Waals surface area contributed by atoms with Crippen molar-refractivity contribution in [2.45, 2.75) is 25.9 Å². The third-order valence-electron chi connectivity index (χ3n) is 3.92. The molecule has 0 bridgehead atoms. The molecule has 1 saturated heterocycles. The molecule has 1 aliphatic rings. The Labute approximate surface area is 153 Å². The lowest BCUT2D eigenvalue weighted by Gasteiger charge is -2.33. The van der Waals surface area contributed by atoms with Crippen LogP contribution in [0.3, 0.4) is 0 Å². The first kappa shape index (κ1) is 20.4. The van der Waals surface area contributed by atoms with Crippen molar-refractivity contribution in [2.75, 3.05) is 26.7 Å². The highest BCUT2D eigenvalue weighted by Crippen LogP contribution is 2.25. The summed E-state index contributed by atoms with van der Waals surface area (Å²) in [6.45, 7) is 4.34. The van der Waals surface area contributed by atoms with E-state index in [9.17, 15) is 4.79 Å². The number of ether oxygens (including phenoxy) is 1. The van der Waals surface area contributed by atoms with E-state index in [1.165, 1.54) is 0 Å². The predicted molar refractivity (Wildman–Crippen MR) is 97.0 cm³/mol. The van der Waals surface area contributed by atoms with Gasteiger partial charge in [0.25, 0.3) is 5.91 Å². The van der Waals surface area contributed by atoms with E-state index >= 15 is 0 Å². The summed E-state index contributed by atoms with van der Waals surface area (Å²) in [6, 6.07) is 4.96. The highest BCUT2D eigenvalue weighted by Gasteiger charge is 2.26. The molecule has 23 heavy (non-hydrogen) atoms. The minimum atomic E-state index is -0.546. The van der Waals surface area contributed by atoms with Gasteiger partial charge in [-0.25, -0.2) is 0 Å². The molecule has 1 amide bonds. The summed E-state index contributed by atoms with van der Waals surface area (Å²) >= 11 is 11.9. The molecule has 0 aromatic heterocycles. The van der Waals surface area contributed by atoms with Crippen LogP contribution in [0.15, 0.2) is 18.2 Å². The van der Waals surface area contributed by atoms with Crippen LogP contribution in [0.25, 0.3) is 0 Å². The maximum Gasteiger partial charge on any atom is 0.263 e. The van der Waals surface area contributed by atoms with Gasteiger partial charge in [0, 0.05) is 23.1 Å². The van der Waals surface area contributed by atoms with Gasteiger partial charge in [0.05, 0.1) is 0 Å². The van der Waals surface area contributed by atoms with Gasteiger partial charge in [-0.05, 0) is 57.5 Å². The quantitative estimate of drug-likeness (QED) is 0.846. The Bertz CT molecular complexity index is 500. The van der Waals surface area contributed by atoms with Crippen LogP contribution in [-0.2, 0) is 4.79 Å². The average molecular weight is 382 g/mol. The number of amides is 1. The van der Waals surface area contributed by atoms with Crippen LogP contribution in [0.1, 0.15) is 19.8 Å². The third kappa shape index (κ3) is 6.03. The number of carbonyl (C=O) groups excluding carboxylic acids is 1. The number of halogens is 3. The molecule has 1 aliphatic heterocycles. The lowest BCUT2D eigenvalue weighted by atomic mass is 9.96. The number of likely N-dealkylation sites (tertiary alicyclic amines) is 1. The Hall–Kier alpha value is -0.680. The van der Waals surface area contributed by atoms with Gasteiger partial charge in [-0.3, -0.25) is 4.79 Å². The van der Waals surface area contributed by atoms with Gasteiger partial charge in [-0.1, -0.05) is 23.2 Å². The first-order chi connectivity index (χ1) is 10.5. The van der Waals surface area contributed by atoms with Gasteiger partial charge in [0.15, 0.2) is 6.10 Å². The molecule has 1 heterocycles. The summed E-state index contributed by atoms with van der Waals surface area (Å²) in [6.07, 6.45) is 1.51. The number of carbonyl (C=O) groups is 1. The lowest BCUT2D eigenvalue weighted by molar-refractivity contribution is -0.139. The molecular formula is C16H23Cl3N2O2. The lowest BCUT2D eigenvalue weighted by Crippen LogP contribution is -2.45. The average Bonchev–Trinajstić information content (AvgIpc) is 2.46. The predicted octanol–water partition coefficient (Wildman–Crippen LogP) is 3.64. The van der Waals surface area contributed by atoms with Crippen molar-refractivity contribution in [2.24, 2.45) is 5.92 Å². The number of hydrogen-bond acceptors (Lipinski definition) is 3. The molecule has 0 spiro atoms. The van der Waals surface area contributed by atoms with E-state index in [0.29, 0.717) is 21.7 Å². The minimum Gasteiger partial charge on any atom is -0.481 e. The number of nitrogens with zero attached hydrogens (tertiary/aromatic N) is 1. The van der Waals surface area contributed by atoms with E-state index in [4.69, 9.17) is 27.9 Å². The summed E-state index contributed by atoms with van der Waals surface area (Å²) in [5, 5.41) is 4.19. The van der Waals surface area contributed by atoms with Crippen molar-refractivity contribution in [1.82, 2.24) is 10.2 Å². The van der Waals surface area contributed by atoms with Crippen LogP contribution < -0.4 is 10.1 Å². The van der Waals surface area contributed by atoms with Crippen molar-refractivity contribution in [3.63, 3.8) is 0 Å². The van der Waals surface area contributed by atoms with E-state index in [0.717, 1.165) is 32.5 Å². The Balaban J connectivity index is 0.00000264. The van der Waals surface area contributed by atoms with Gasteiger partial charge in [-0.15, -0.1) is 12.4 Å². The van der Waals surface area contributed by atoms with Crippen LogP contribution in [0.5, 0.6) is 5.75 Å². The molecule has 2 rings (SSSR count). The van der Waals surface area contributed by atoms with E-state index in [1.807, 2.05) is 11.9 Å². The van der Waals surface area contributed by atoms with Crippen molar-refractivity contribution in [1.29, 1.82) is 0 Å². The standard InChI is InChI=1S/C16H22Cl2N2O2.ClH/c1-11(22-15-8-13(17)7-14(18)9-15)16(21)20-5-3-12(4-6-20)10-19-2;/h7-9,11-12,19H,3-6,10H2,1-2H3;1H. The van der Waals surface area contributed by atoms with Gasteiger partial charge in [0.1, 0.15) is 5.75 Å². The van der Waals surface area contributed by atoms with E-state index < -0.39 is 6.10 Å². The molecule has 1 N–H and O–H groups in total. The molecule has 0 aliphatic carbocycles. The fourth-order valence-corrected chi connectivity index (χ4v) is 3.26. The third-order valence-corrected chi connectivity index (χ3v) is 4.35. The maximum atomic E-state index is 12.5. The largest absolute Gasteiger partial charge is 0.481 e. The highest BCUT2D eigenvalue weighted by atomic mass is 35.5. The molecular weight excluding hydrogens is 359 g/mol. The zero-order chi connectivity index (χ0) is 16.1. The molecule has 1 unspecified atom stereocenters. The second kappa shape index (κ2) is 9.58. The molecule has 1 aromatic carbocycles. The van der Waals surface area contributed by atoms with Gasteiger partial charge in [-0.2, -0.15) is 0 Å². The first-order valence-corrected chi connectivity index (χ1v) is 8.31. The maximum absolute atomic E-state index is 12.5. The summed E-state index contributed by atoms with van der Waals surface area (Å²) in [5.41, 5.74) is 0. The zero-order valence-electron chi connectivity index (χ0n) is 13.4. The van der Waals surface area contributed by atoms with Gasteiger partial charge < -0.3 is 15.0 Å². The SMILES string of the molecule is CNCC1CCN(C(=O)C(C)Oc2cc(Cl)cc(Cl)c2)CC1.Cl. The topological polar surface area (TPSA) is 41.6 Å². The fourth-order valence-electron chi connectivity index (χ4n) is 2.75. The monoisotopic (exact) mass is 380 g/mol. The van der Waals surface area contributed by atoms with Crippen molar-refractivity contribution >= 4 is 41.5 Å². The summed E-state index contributed by atoms with van der Waals surface area (Å²) in [7, 11) is 1.96. The number of hydrogen-bond donors (Lipinski definition) is 1. The Morgan fingerprint density at radius 1 is 1.30 bits per heavy atom. The number of nitrogens with one attached hydrogen (secondary N) is 1. The minimum absolute atomic E-state index is 0. The van der Waals surface area contributed by atoms with Crippen molar-refractivity contribution in [3.8, 4) is 5.75 Å². The Morgan fingerprint density at radius 2 is 1.87 bits per heavy atom. The molecule has 4 nitrogen and oxygen atoms in total. The van der Waals surface area contributed by atoms with E-state index in [1.54, 1.807) is 25.1 Å². The highest BCUT2D eigenvalue weighted by molar-refractivity contribution is 6.34. The van der Waals surface area contributed by atoms with Crippen molar-refractivity contribution in [3.05, 3.63) is 28.2 Å².